The van der Waals surface area contributed by atoms with Gasteiger partial charge in [-0.15, -0.1) is 0 Å². The van der Waals surface area contributed by atoms with Gasteiger partial charge >= 0.3 is 0 Å². The Hall–Kier alpha value is -2.31. The average Bonchev–Trinajstić information content (AvgIpc) is 2.80. The van der Waals surface area contributed by atoms with Gasteiger partial charge in [0.1, 0.15) is 5.82 Å². The number of hydrogen-bond donors (Lipinski definition) is 2. The lowest BCUT2D eigenvalue weighted by Crippen LogP contribution is -2.35. The average molecular weight is 262 g/mol. The lowest BCUT2D eigenvalue weighted by Gasteiger charge is -2.22. The predicted molar refractivity (Wildman–Crippen MR) is 73.7 cm³/mol. The van der Waals surface area contributed by atoms with Gasteiger partial charge in [0.05, 0.1) is 12.7 Å². The van der Waals surface area contributed by atoms with E-state index in [1.54, 1.807) is 23.0 Å². The van der Waals surface area contributed by atoms with Gasteiger partial charge in [-0.25, -0.2) is 9.97 Å². The van der Waals surface area contributed by atoms with Crippen LogP contribution >= 0.6 is 0 Å². The number of imidazole rings is 1. The number of nitrogens with two attached hydrogens (primary N) is 2. The van der Waals surface area contributed by atoms with E-state index in [1.165, 1.54) is 0 Å². The van der Waals surface area contributed by atoms with E-state index in [0.717, 1.165) is 12.8 Å². The minimum Gasteiger partial charge on any atom is -0.382 e. The van der Waals surface area contributed by atoms with Crippen LogP contribution in [0.1, 0.15) is 19.8 Å². The van der Waals surface area contributed by atoms with Crippen LogP contribution < -0.4 is 16.4 Å². The summed E-state index contributed by atoms with van der Waals surface area (Å²) >= 11 is 0. The lowest BCUT2D eigenvalue weighted by molar-refractivity contribution is -0.116. The molecule has 7 heteroatoms. The van der Waals surface area contributed by atoms with E-state index in [-0.39, 0.29) is 6.54 Å². The molecule has 0 aliphatic rings. The number of anilines is 2. The zero-order chi connectivity index (χ0) is 13.8. The van der Waals surface area contributed by atoms with Crippen molar-refractivity contribution in [1.29, 1.82) is 0 Å². The van der Waals surface area contributed by atoms with Crippen molar-refractivity contribution in [2.45, 2.75) is 19.8 Å². The van der Waals surface area contributed by atoms with Crippen molar-refractivity contribution in [3.63, 3.8) is 0 Å². The molecule has 2 heterocycles. The summed E-state index contributed by atoms with van der Waals surface area (Å²) in [4.78, 5) is 21.6. The molecule has 0 aliphatic carbocycles. The van der Waals surface area contributed by atoms with Gasteiger partial charge in [-0.05, 0) is 6.42 Å². The largest absolute Gasteiger partial charge is 0.382 e. The van der Waals surface area contributed by atoms with Crippen LogP contribution in [0.4, 0.5) is 11.6 Å². The maximum absolute atomic E-state index is 11.2. The Morgan fingerprint density at radius 1 is 1.53 bits per heavy atom. The Morgan fingerprint density at radius 2 is 2.32 bits per heavy atom. The number of carbonyl (C=O) groups is 1. The first-order valence-electron chi connectivity index (χ1n) is 6.24. The quantitative estimate of drug-likeness (QED) is 0.784. The van der Waals surface area contributed by atoms with E-state index in [4.69, 9.17) is 11.5 Å². The monoisotopic (exact) mass is 262 g/mol. The molecule has 4 N–H and O–H groups in total. The third kappa shape index (κ3) is 2.93. The minimum atomic E-state index is -0.398. The third-order valence-electron chi connectivity index (χ3n) is 2.80. The van der Waals surface area contributed by atoms with Gasteiger partial charge in [0.25, 0.3) is 0 Å². The molecule has 0 aliphatic heterocycles. The standard InChI is InChI=1S/C12H18N6O/c1-2-3-5-17(8-10(14)19)12-11-15-4-6-18(11)7-9(13)16-12/h4,6-7H,2-3,5,8,13H2,1H3,(H2,14,19). The van der Waals surface area contributed by atoms with E-state index < -0.39 is 5.91 Å². The summed E-state index contributed by atoms with van der Waals surface area (Å²) in [7, 11) is 0. The summed E-state index contributed by atoms with van der Waals surface area (Å²) < 4.78 is 1.79. The molecule has 0 spiro atoms. The van der Waals surface area contributed by atoms with E-state index in [2.05, 4.69) is 16.9 Å². The SMILES string of the molecule is CCCCN(CC(N)=O)c1nc(N)cn2ccnc12. The molecule has 0 unspecified atom stereocenters. The Morgan fingerprint density at radius 3 is 3.00 bits per heavy atom. The van der Waals surface area contributed by atoms with Gasteiger partial charge < -0.3 is 20.8 Å². The van der Waals surface area contributed by atoms with Gasteiger partial charge in [-0.3, -0.25) is 4.79 Å². The number of fused-ring (bicyclic) bond motifs is 1. The molecule has 0 aromatic carbocycles. The van der Waals surface area contributed by atoms with Gasteiger partial charge in [0.2, 0.25) is 5.91 Å². The molecule has 0 bridgehead atoms. The maximum atomic E-state index is 11.2. The zero-order valence-electron chi connectivity index (χ0n) is 10.9. The zero-order valence-corrected chi connectivity index (χ0v) is 10.9. The highest BCUT2D eigenvalue weighted by Gasteiger charge is 2.16. The molecule has 7 nitrogen and oxygen atoms in total. The summed E-state index contributed by atoms with van der Waals surface area (Å²) in [6, 6.07) is 0. The molecule has 102 valence electrons. The fourth-order valence-electron chi connectivity index (χ4n) is 1.94. The second-order valence-corrected chi connectivity index (χ2v) is 4.39. The second kappa shape index (κ2) is 5.55. The van der Waals surface area contributed by atoms with Crippen LogP contribution in [0.15, 0.2) is 18.6 Å². The van der Waals surface area contributed by atoms with Crippen molar-refractivity contribution in [2.24, 2.45) is 5.73 Å². The van der Waals surface area contributed by atoms with Gasteiger partial charge in [0, 0.05) is 18.9 Å². The Labute approximate surface area is 111 Å². The number of aromatic nitrogens is 3. The van der Waals surface area contributed by atoms with Gasteiger partial charge in [-0.1, -0.05) is 13.3 Å². The fourth-order valence-corrected chi connectivity index (χ4v) is 1.94. The molecule has 2 aromatic rings. The maximum Gasteiger partial charge on any atom is 0.237 e. The molecule has 0 radical (unpaired) electrons. The van der Waals surface area contributed by atoms with Gasteiger partial charge in [-0.2, -0.15) is 0 Å². The summed E-state index contributed by atoms with van der Waals surface area (Å²) in [5.41, 5.74) is 11.7. The van der Waals surface area contributed by atoms with Crippen molar-refractivity contribution < 1.29 is 4.79 Å². The number of carbonyl (C=O) groups excluding carboxylic acids is 1. The molecular formula is C12H18N6O. The number of amides is 1. The molecule has 19 heavy (non-hydrogen) atoms. The summed E-state index contributed by atoms with van der Waals surface area (Å²) in [5, 5.41) is 0. The summed E-state index contributed by atoms with van der Waals surface area (Å²) in [6.07, 6.45) is 7.11. The van der Waals surface area contributed by atoms with Crippen molar-refractivity contribution in [1.82, 2.24) is 14.4 Å². The van der Waals surface area contributed by atoms with Gasteiger partial charge in [0.15, 0.2) is 11.5 Å². The van der Waals surface area contributed by atoms with Crippen LogP contribution in [-0.4, -0.2) is 33.4 Å². The second-order valence-electron chi connectivity index (χ2n) is 4.39. The van der Waals surface area contributed by atoms with Crippen LogP contribution in [0.5, 0.6) is 0 Å². The topological polar surface area (TPSA) is 103 Å². The van der Waals surface area contributed by atoms with Crippen molar-refractivity contribution >= 4 is 23.2 Å². The van der Waals surface area contributed by atoms with Crippen molar-refractivity contribution in [3.8, 4) is 0 Å². The van der Waals surface area contributed by atoms with Crippen LogP contribution in [0.3, 0.4) is 0 Å². The molecule has 1 amide bonds. The number of primary amides is 1. The highest BCUT2D eigenvalue weighted by molar-refractivity contribution is 5.81. The van der Waals surface area contributed by atoms with E-state index in [1.807, 2.05) is 4.90 Å². The minimum absolute atomic E-state index is 0.110. The van der Waals surface area contributed by atoms with Crippen molar-refractivity contribution in [3.05, 3.63) is 18.6 Å². The highest BCUT2D eigenvalue weighted by atomic mass is 16.1. The Kier molecular flexibility index (Phi) is 3.84. The first-order valence-corrected chi connectivity index (χ1v) is 6.24. The molecule has 2 aromatic heterocycles. The molecule has 0 fully saturated rings. The highest BCUT2D eigenvalue weighted by Crippen LogP contribution is 2.19. The number of unbranched alkanes of at least 4 members (excludes halogenated alkanes) is 1. The van der Waals surface area contributed by atoms with E-state index in [9.17, 15) is 4.79 Å². The first-order chi connectivity index (χ1) is 9.11. The van der Waals surface area contributed by atoms with E-state index in [0.29, 0.717) is 23.8 Å². The number of rotatable bonds is 6. The molecule has 0 saturated heterocycles. The summed E-state index contributed by atoms with van der Waals surface area (Å²) in [5.74, 6) is 0.578. The normalized spacial score (nSPS) is 10.8. The van der Waals surface area contributed by atoms with Crippen molar-refractivity contribution in [2.75, 3.05) is 23.7 Å². The number of hydrogen-bond acceptors (Lipinski definition) is 5. The third-order valence-corrected chi connectivity index (χ3v) is 2.80. The number of nitrogen functional groups attached to an aromatic ring is 1. The van der Waals surface area contributed by atoms with Crippen LogP contribution in [0, 0.1) is 0 Å². The van der Waals surface area contributed by atoms with Crippen LogP contribution in [0.2, 0.25) is 0 Å². The lowest BCUT2D eigenvalue weighted by atomic mass is 10.3. The molecule has 2 rings (SSSR count). The smallest absolute Gasteiger partial charge is 0.237 e. The fraction of sp³-hybridized carbons (Fsp3) is 0.417. The van der Waals surface area contributed by atoms with Crippen LogP contribution in [0.25, 0.3) is 5.65 Å². The predicted octanol–water partition coefficient (Wildman–Crippen LogP) is 0.403. The molecule has 0 atom stereocenters. The molecule has 0 saturated carbocycles. The Balaban J connectivity index is 2.41. The number of nitrogens with zero attached hydrogens (tertiary/aromatic N) is 4. The Bertz CT molecular complexity index is 579. The molecular weight excluding hydrogens is 244 g/mol. The first kappa shape index (κ1) is 13.1. The summed E-state index contributed by atoms with van der Waals surface area (Å²) in [6.45, 7) is 2.89. The van der Waals surface area contributed by atoms with E-state index >= 15 is 0 Å². The van der Waals surface area contributed by atoms with Crippen LogP contribution in [-0.2, 0) is 4.79 Å².